The molecule has 9 heteroatoms. The number of halogens is 1. The van der Waals surface area contributed by atoms with Gasteiger partial charge in [0.25, 0.3) is 0 Å². The molecule has 3 heterocycles. The molecular formula is C24H23FN6O2. The maximum absolute atomic E-state index is 14.4. The van der Waals surface area contributed by atoms with Crippen LogP contribution >= 0.6 is 0 Å². The second-order valence-electron chi connectivity index (χ2n) is 8.42. The second kappa shape index (κ2) is 8.62. The van der Waals surface area contributed by atoms with Crippen LogP contribution in [0.25, 0.3) is 11.0 Å². The van der Waals surface area contributed by atoms with E-state index in [4.69, 9.17) is 14.7 Å². The predicted molar refractivity (Wildman–Crippen MR) is 121 cm³/mol. The van der Waals surface area contributed by atoms with Crippen LogP contribution in [0, 0.1) is 23.1 Å². The number of anilines is 2. The van der Waals surface area contributed by atoms with Gasteiger partial charge in [0.1, 0.15) is 23.2 Å². The maximum atomic E-state index is 14.4. The number of Topliss-reactive ketones (excluding diaryl/α,β-unsaturated/α-hetero) is 1. The molecule has 5 rings (SSSR count). The minimum atomic E-state index is -0.561. The second-order valence-corrected chi connectivity index (χ2v) is 8.42. The van der Waals surface area contributed by atoms with Gasteiger partial charge in [0.05, 0.1) is 18.2 Å². The number of benzene rings is 1. The van der Waals surface area contributed by atoms with Gasteiger partial charge in [-0.15, -0.1) is 0 Å². The molecule has 0 spiro atoms. The van der Waals surface area contributed by atoms with Gasteiger partial charge < -0.3 is 15.0 Å². The number of aromatic nitrogens is 3. The summed E-state index contributed by atoms with van der Waals surface area (Å²) in [6.07, 6.45) is 4.88. The highest BCUT2D eigenvalue weighted by Gasteiger charge is 2.31. The molecule has 1 aliphatic carbocycles. The van der Waals surface area contributed by atoms with Gasteiger partial charge in [-0.1, -0.05) is 0 Å². The third-order valence-corrected chi connectivity index (χ3v) is 6.20. The van der Waals surface area contributed by atoms with Crippen molar-refractivity contribution in [3.63, 3.8) is 0 Å². The highest BCUT2D eigenvalue weighted by molar-refractivity contribution is 5.98. The summed E-state index contributed by atoms with van der Waals surface area (Å²) in [6.45, 7) is 1.16. The number of methoxy groups -OCH3 is 1. The lowest BCUT2D eigenvalue weighted by atomic mass is 9.88. The quantitative estimate of drug-likeness (QED) is 0.572. The Kier molecular flexibility index (Phi) is 5.50. The van der Waals surface area contributed by atoms with Crippen LogP contribution in [0.1, 0.15) is 41.7 Å². The first-order valence-electron chi connectivity index (χ1n) is 11.0. The smallest absolute Gasteiger partial charge is 0.172 e. The Morgan fingerprint density at radius 3 is 2.67 bits per heavy atom. The van der Waals surface area contributed by atoms with E-state index in [1.165, 1.54) is 19.2 Å². The lowest BCUT2D eigenvalue weighted by Crippen LogP contribution is -2.37. The number of rotatable bonds is 6. The Hall–Kier alpha value is -3.80. The number of pyridine rings is 1. The zero-order chi connectivity index (χ0) is 22.9. The fourth-order valence-corrected chi connectivity index (χ4v) is 4.19. The molecule has 2 aromatic heterocycles. The molecule has 33 heavy (non-hydrogen) atoms. The SMILES string of the molecule is COc1ccc(C(=O)C2CCN(c3nc4c(C#N)nccc4nc3NC3CC3)CC2)c(F)c1. The Balaban J connectivity index is 1.38. The van der Waals surface area contributed by atoms with Crippen molar-refractivity contribution in [3.05, 3.63) is 47.5 Å². The van der Waals surface area contributed by atoms with Gasteiger partial charge in [-0.2, -0.15) is 5.26 Å². The van der Waals surface area contributed by atoms with E-state index in [9.17, 15) is 14.4 Å². The summed E-state index contributed by atoms with van der Waals surface area (Å²) in [5.74, 6) is 0.720. The molecule has 1 N–H and O–H groups in total. The summed E-state index contributed by atoms with van der Waals surface area (Å²) in [5.41, 5.74) is 1.42. The molecule has 0 bridgehead atoms. The molecule has 2 aliphatic rings. The molecule has 2 fully saturated rings. The number of fused-ring (bicyclic) bond motifs is 1. The molecule has 3 aromatic rings. The number of hydrogen-bond donors (Lipinski definition) is 1. The van der Waals surface area contributed by atoms with Crippen molar-refractivity contribution in [1.29, 1.82) is 5.26 Å². The zero-order valence-electron chi connectivity index (χ0n) is 18.2. The molecular weight excluding hydrogens is 423 g/mol. The van der Waals surface area contributed by atoms with Crippen LogP contribution in [0.4, 0.5) is 16.0 Å². The molecule has 0 unspecified atom stereocenters. The number of hydrogen-bond acceptors (Lipinski definition) is 8. The molecule has 1 aliphatic heterocycles. The topological polar surface area (TPSA) is 104 Å². The van der Waals surface area contributed by atoms with Crippen molar-refractivity contribution in [2.45, 2.75) is 31.7 Å². The van der Waals surface area contributed by atoms with Crippen molar-refractivity contribution in [3.8, 4) is 11.8 Å². The summed E-state index contributed by atoms with van der Waals surface area (Å²) in [7, 11) is 1.46. The van der Waals surface area contributed by atoms with Crippen LogP contribution in [-0.2, 0) is 0 Å². The van der Waals surface area contributed by atoms with Crippen LogP contribution in [0.3, 0.4) is 0 Å². The largest absolute Gasteiger partial charge is 0.497 e. The fourth-order valence-electron chi connectivity index (χ4n) is 4.19. The summed E-state index contributed by atoms with van der Waals surface area (Å²) >= 11 is 0. The highest BCUT2D eigenvalue weighted by atomic mass is 19.1. The van der Waals surface area contributed by atoms with Crippen LogP contribution in [-0.4, -0.2) is 47.0 Å². The molecule has 8 nitrogen and oxygen atoms in total. The number of carbonyl (C=O) groups is 1. The van der Waals surface area contributed by atoms with Crippen LogP contribution in [0.15, 0.2) is 30.5 Å². The van der Waals surface area contributed by atoms with E-state index in [0.717, 1.165) is 12.8 Å². The van der Waals surface area contributed by atoms with Gasteiger partial charge in [-0.25, -0.2) is 19.3 Å². The predicted octanol–water partition coefficient (Wildman–Crippen LogP) is 3.72. The van der Waals surface area contributed by atoms with Crippen molar-refractivity contribution in [1.82, 2.24) is 15.0 Å². The highest BCUT2D eigenvalue weighted by Crippen LogP contribution is 2.34. The molecule has 1 saturated heterocycles. The van der Waals surface area contributed by atoms with E-state index >= 15 is 0 Å². The zero-order valence-corrected chi connectivity index (χ0v) is 18.2. The normalized spacial score (nSPS) is 16.5. The molecule has 0 radical (unpaired) electrons. The van der Waals surface area contributed by atoms with Gasteiger partial charge >= 0.3 is 0 Å². The summed E-state index contributed by atoms with van der Waals surface area (Å²) in [6, 6.07) is 8.55. The van der Waals surface area contributed by atoms with Gasteiger partial charge in [0.2, 0.25) is 0 Å². The number of piperidine rings is 1. The van der Waals surface area contributed by atoms with Crippen molar-refractivity contribution in [2.24, 2.45) is 5.92 Å². The first kappa shape index (κ1) is 21.1. The molecule has 1 aromatic carbocycles. The van der Waals surface area contributed by atoms with Crippen LogP contribution in [0.2, 0.25) is 0 Å². The van der Waals surface area contributed by atoms with Gasteiger partial charge in [-0.05, 0) is 43.9 Å². The summed E-state index contributed by atoms with van der Waals surface area (Å²) < 4.78 is 19.4. The average Bonchev–Trinajstić information content (AvgIpc) is 3.67. The van der Waals surface area contributed by atoms with Gasteiger partial charge in [0.15, 0.2) is 23.1 Å². The van der Waals surface area contributed by atoms with E-state index < -0.39 is 5.82 Å². The fraction of sp³-hybridized carbons (Fsp3) is 0.375. The van der Waals surface area contributed by atoms with E-state index in [1.54, 1.807) is 18.3 Å². The third-order valence-electron chi connectivity index (χ3n) is 6.20. The van der Waals surface area contributed by atoms with Gasteiger partial charge in [0, 0.05) is 37.3 Å². The Morgan fingerprint density at radius 1 is 1.21 bits per heavy atom. The lowest BCUT2D eigenvalue weighted by Gasteiger charge is -2.33. The van der Waals surface area contributed by atoms with Crippen molar-refractivity contribution >= 4 is 28.5 Å². The van der Waals surface area contributed by atoms with Crippen molar-refractivity contribution in [2.75, 3.05) is 30.4 Å². The summed E-state index contributed by atoms with van der Waals surface area (Å²) in [4.78, 5) is 28.7. The standard InChI is InChI=1S/C24H23FN6O2/c1-33-16-4-5-17(18(25)12-16)22(32)14-7-10-31(11-8-14)24-23(28-15-2-3-15)29-19-6-9-27-20(13-26)21(19)30-24/h4-6,9,12,14-15H,2-3,7-8,10-11H2,1H3,(H,28,29). The van der Waals surface area contributed by atoms with Crippen LogP contribution in [0.5, 0.6) is 5.75 Å². The van der Waals surface area contributed by atoms with E-state index in [-0.39, 0.29) is 23.0 Å². The third kappa shape index (κ3) is 4.16. The number of nitrogens with zero attached hydrogens (tertiary/aromatic N) is 5. The number of ether oxygens (including phenoxy) is 1. The van der Waals surface area contributed by atoms with E-state index in [1.807, 2.05) is 0 Å². The molecule has 1 saturated carbocycles. The number of carbonyl (C=O) groups excluding carboxylic acids is 1. The number of ketones is 1. The van der Waals surface area contributed by atoms with E-state index in [2.05, 4.69) is 21.3 Å². The number of nitriles is 1. The summed E-state index contributed by atoms with van der Waals surface area (Å²) in [5, 5.41) is 12.9. The molecule has 168 valence electrons. The maximum Gasteiger partial charge on any atom is 0.172 e. The average molecular weight is 446 g/mol. The van der Waals surface area contributed by atoms with Crippen molar-refractivity contribution < 1.29 is 13.9 Å². The van der Waals surface area contributed by atoms with E-state index in [0.29, 0.717) is 60.4 Å². The van der Waals surface area contributed by atoms with Gasteiger partial charge in [-0.3, -0.25) is 4.79 Å². The minimum absolute atomic E-state index is 0.0978. The molecule has 0 amide bonds. The Labute approximate surface area is 190 Å². The Bertz CT molecular complexity index is 1260. The minimum Gasteiger partial charge on any atom is -0.497 e. The lowest BCUT2D eigenvalue weighted by molar-refractivity contribution is 0.0896. The molecule has 0 atom stereocenters. The monoisotopic (exact) mass is 446 g/mol. The first-order valence-corrected chi connectivity index (χ1v) is 11.0. The number of nitrogens with one attached hydrogen (secondary N) is 1. The first-order chi connectivity index (χ1) is 16.1. The Morgan fingerprint density at radius 2 is 2.00 bits per heavy atom. The van der Waals surface area contributed by atoms with Crippen LogP contribution < -0.4 is 15.0 Å².